The SMILES string of the molecule is CCO[Si]1(CS)OCC(C)CO1. The van der Waals surface area contributed by atoms with Crippen molar-refractivity contribution in [3.63, 3.8) is 0 Å². The molecule has 0 atom stereocenters. The van der Waals surface area contributed by atoms with Gasteiger partial charge in [0.05, 0.1) is 5.38 Å². The Bertz CT molecular complexity index is 137. The van der Waals surface area contributed by atoms with Crippen LogP contribution in [0.25, 0.3) is 0 Å². The highest BCUT2D eigenvalue weighted by Crippen LogP contribution is 2.19. The summed E-state index contributed by atoms with van der Waals surface area (Å²) < 4.78 is 16.7. The average Bonchev–Trinajstić information content (AvgIpc) is 2.10. The fourth-order valence-corrected chi connectivity index (χ4v) is 3.93. The van der Waals surface area contributed by atoms with Gasteiger partial charge < -0.3 is 13.3 Å². The standard InChI is InChI=1S/C7H16O3SSi/c1-3-8-12(6-11)9-4-7(2)5-10-12/h7,11H,3-6H2,1-2H3. The zero-order chi connectivity index (χ0) is 9.03. The lowest BCUT2D eigenvalue weighted by molar-refractivity contribution is 0.00205. The van der Waals surface area contributed by atoms with Gasteiger partial charge in [0.15, 0.2) is 0 Å². The third kappa shape index (κ3) is 2.47. The Kier molecular flexibility index (Phi) is 4.05. The molecule has 0 amide bonds. The Balaban J connectivity index is 2.45. The van der Waals surface area contributed by atoms with Gasteiger partial charge in [0, 0.05) is 25.7 Å². The quantitative estimate of drug-likeness (QED) is 0.556. The zero-order valence-corrected chi connectivity index (χ0v) is 9.47. The first-order chi connectivity index (χ1) is 5.72. The Hall–Kier alpha value is 0.447. The van der Waals surface area contributed by atoms with E-state index >= 15 is 0 Å². The van der Waals surface area contributed by atoms with Crippen molar-refractivity contribution in [2.24, 2.45) is 5.92 Å². The van der Waals surface area contributed by atoms with E-state index in [4.69, 9.17) is 13.3 Å². The van der Waals surface area contributed by atoms with E-state index in [1.165, 1.54) is 0 Å². The topological polar surface area (TPSA) is 27.7 Å². The maximum atomic E-state index is 5.59. The lowest BCUT2D eigenvalue weighted by Crippen LogP contribution is -2.53. The fraction of sp³-hybridized carbons (Fsp3) is 1.00. The molecule has 0 radical (unpaired) electrons. The van der Waals surface area contributed by atoms with E-state index in [1.807, 2.05) is 6.92 Å². The maximum absolute atomic E-state index is 5.59. The monoisotopic (exact) mass is 208 g/mol. The van der Waals surface area contributed by atoms with Gasteiger partial charge in [-0.05, 0) is 6.92 Å². The smallest absolute Gasteiger partial charge is 0.373 e. The maximum Gasteiger partial charge on any atom is 0.511 e. The highest BCUT2D eigenvalue weighted by Gasteiger charge is 2.43. The summed E-state index contributed by atoms with van der Waals surface area (Å²) in [4.78, 5) is 0. The molecule has 1 heterocycles. The molecule has 5 heteroatoms. The third-order valence-electron chi connectivity index (χ3n) is 1.73. The summed E-state index contributed by atoms with van der Waals surface area (Å²) in [6, 6.07) is 0. The van der Waals surface area contributed by atoms with Gasteiger partial charge in [-0.3, -0.25) is 0 Å². The van der Waals surface area contributed by atoms with Crippen molar-refractivity contribution < 1.29 is 13.3 Å². The molecule has 0 spiro atoms. The second kappa shape index (κ2) is 4.62. The molecule has 1 aliphatic rings. The molecule has 0 aromatic rings. The summed E-state index contributed by atoms with van der Waals surface area (Å²) in [5, 5.41) is 0.577. The molecule has 72 valence electrons. The van der Waals surface area contributed by atoms with Gasteiger partial charge in [0.1, 0.15) is 0 Å². The van der Waals surface area contributed by atoms with Gasteiger partial charge in [-0.15, -0.1) is 0 Å². The van der Waals surface area contributed by atoms with Crippen LogP contribution in [0.2, 0.25) is 0 Å². The Morgan fingerprint density at radius 2 is 2.08 bits per heavy atom. The highest BCUT2D eigenvalue weighted by atomic mass is 32.1. The predicted molar refractivity (Wildman–Crippen MR) is 52.3 cm³/mol. The molecule has 0 N–H and O–H groups in total. The number of hydrogen-bond donors (Lipinski definition) is 1. The number of hydrogen-bond acceptors (Lipinski definition) is 4. The van der Waals surface area contributed by atoms with Crippen LogP contribution in [0.3, 0.4) is 0 Å². The Morgan fingerprint density at radius 1 is 1.50 bits per heavy atom. The van der Waals surface area contributed by atoms with E-state index in [0.29, 0.717) is 17.9 Å². The van der Waals surface area contributed by atoms with Crippen LogP contribution in [-0.4, -0.2) is 34.0 Å². The van der Waals surface area contributed by atoms with E-state index in [9.17, 15) is 0 Å². The second-order valence-electron chi connectivity index (χ2n) is 3.00. The van der Waals surface area contributed by atoms with E-state index in [2.05, 4.69) is 19.6 Å². The minimum absolute atomic E-state index is 0.478. The van der Waals surface area contributed by atoms with Crippen molar-refractivity contribution in [2.75, 3.05) is 25.2 Å². The summed E-state index contributed by atoms with van der Waals surface area (Å²) in [6.07, 6.45) is 0. The average molecular weight is 208 g/mol. The minimum Gasteiger partial charge on any atom is -0.373 e. The largest absolute Gasteiger partial charge is 0.511 e. The second-order valence-corrected chi connectivity index (χ2v) is 6.50. The van der Waals surface area contributed by atoms with E-state index < -0.39 is 8.80 Å². The van der Waals surface area contributed by atoms with Gasteiger partial charge in [-0.2, -0.15) is 12.6 Å². The molecule has 12 heavy (non-hydrogen) atoms. The zero-order valence-electron chi connectivity index (χ0n) is 7.58. The first kappa shape index (κ1) is 10.5. The van der Waals surface area contributed by atoms with Crippen LogP contribution >= 0.6 is 12.6 Å². The Labute approximate surface area is 80.2 Å². The van der Waals surface area contributed by atoms with Crippen LogP contribution in [0.1, 0.15) is 13.8 Å². The molecule has 0 aliphatic carbocycles. The molecule has 1 saturated heterocycles. The normalized spacial score (nSPS) is 36.8. The van der Waals surface area contributed by atoms with E-state index in [1.54, 1.807) is 0 Å². The van der Waals surface area contributed by atoms with Crippen molar-refractivity contribution in [3.8, 4) is 0 Å². The van der Waals surface area contributed by atoms with Gasteiger partial charge >= 0.3 is 8.80 Å². The van der Waals surface area contributed by atoms with Crippen LogP contribution in [0.5, 0.6) is 0 Å². The molecule has 1 aliphatic heterocycles. The van der Waals surface area contributed by atoms with Gasteiger partial charge in [0.2, 0.25) is 0 Å². The minimum atomic E-state index is -2.33. The number of thiol groups is 1. The number of rotatable bonds is 3. The molecular formula is C7H16O3SSi. The summed E-state index contributed by atoms with van der Waals surface area (Å²) in [6.45, 7) is 6.17. The summed E-state index contributed by atoms with van der Waals surface area (Å²) in [5.41, 5.74) is 0. The molecular weight excluding hydrogens is 192 g/mol. The van der Waals surface area contributed by atoms with Crippen LogP contribution in [0, 0.1) is 5.92 Å². The molecule has 1 fully saturated rings. The first-order valence-electron chi connectivity index (χ1n) is 4.25. The molecule has 0 bridgehead atoms. The van der Waals surface area contributed by atoms with Crippen molar-refractivity contribution in [1.29, 1.82) is 0 Å². The van der Waals surface area contributed by atoms with Gasteiger partial charge in [-0.25, -0.2) is 0 Å². The summed E-state index contributed by atoms with van der Waals surface area (Å²) >= 11 is 4.20. The third-order valence-corrected chi connectivity index (χ3v) is 5.22. The molecule has 0 unspecified atom stereocenters. The molecule has 0 aromatic heterocycles. The summed E-state index contributed by atoms with van der Waals surface area (Å²) in [5.74, 6) is 0.478. The fourth-order valence-electron chi connectivity index (χ4n) is 1.07. The van der Waals surface area contributed by atoms with Gasteiger partial charge in [0.25, 0.3) is 0 Å². The molecule has 1 rings (SSSR count). The summed E-state index contributed by atoms with van der Waals surface area (Å²) in [7, 11) is -2.33. The van der Waals surface area contributed by atoms with Crippen LogP contribution in [0.4, 0.5) is 0 Å². The van der Waals surface area contributed by atoms with Crippen molar-refractivity contribution >= 4 is 21.4 Å². The van der Waals surface area contributed by atoms with Crippen LogP contribution < -0.4 is 0 Å². The van der Waals surface area contributed by atoms with Gasteiger partial charge in [-0.1, -0.05) is 6.92 Å². The Morgan fingerprint density at radius 3 is 2.50 bits per heavy atom. The molecule has 0 aromatic carbocycles. The van der Waals surface area contributed by atoms with E-state index in [0.717, 1.165) is 13.2 Å². The lowest BCUT2D eigenvalue weighted by atomic mass is 10.2. The first-order valence-corrected chi connectivity index (χ1v) is 6.81. The molecule has 3 nitrogen and oxygen atoms in total. The van der Waals surface area contributed by atoms with Crippen LogP contribution in [-0.2, 0) is 13.3 Å². The van der Waals surface area contributed by atoms with E-state index in [-0.39, 0.29) is 0 Å². The highest BCUT2D eigenvalue weighted by molar-refractivity contribution is 7.82. The van der Waals surface area contributed by atoms with Crippen molar-refractivity contribution in [3.05, 3.63) is 0 Å². The lowest BCUT2D eigenvalue weighted by Gasteiger charge is -2.34. The predicted octanol–water partition coefficient (Wildman–Crippen LogP) is 1.11. The van der Waals surface area contributed by atoms with Crippen molar-refractivity contribution in [1.82, 2.24) is 0 Å². The van der Waals surface area contributed by atoms with Crippen molar-refractivity contribution in [2.45, 2.75) is 13.8 Å². The van der Waals surface area contributed by atoms with Crippen LogP contribution in [0.15, 0.2) is 0 Å². The molecule has 0 saturated carbocycles.